The third-order valence-electron chi connectivity index (χ3n) is 4.90. The Bertz CT molecular complexity index is 364. The maximum Gasteiger partial charge on any atom is 0.240 e. The fourth-order valence-electron chi connectivity index (χ4n) is 3.91. The first-order valence-electron chi connectivity index (χ1n) is 8.20. The van der Waals surface area contributed by atoms with E-state index in [1.165, 1.54) is 19.3 Å². The lowest BCUT2D eigenvalue weighted by molar-refractivity contribution is -0.147. The largest absolute Gasteiger partial charge is 0.336 e. The molecule has 2 heterocycles. The second kappa shape index (κ2) is 5.32. The van der Waals surface area contributed by atoms with Crippen LogP contribution in [0.5, 0.6) is 0 Å². The molecule has 2 aliphatic rings. The van der Waals surface area contributed by atoms with Gasteiger partial charge in [0.25, 0.3) is 0 Å². The molecule has 2 unspecified atom stereocenters. The van der Waals surface area contributed by atoms with Gasteiger partial charge in [-0.05, 0) is 79.7 Å². The molecule has 2 rings (SSSR count). The lowest BCUT2D eigenvalue weighted by atomic mass is 9.83. The first-order valence-corrected chi connectivity index (χ1v) is 8.20. The van der Waals surface area contributed by atoms with E-state index in [-0.39, 0.29) is 17.1 Å². The van der Waals surface area contributed by atoms with Crippen LogP contribution in [0.15, 0.2) is 0 Å². The standard InChI is InChI=1S/C17H32N2O/c1-16(2,3)18-11-7-9-13-10-8-12-19(17(4,5)6)15(20)14(13)18/h13-14H,7-12H2,1-6H3. The van der Waals surface area contributed by atoms with E-state index in [1.54, 1.807) is 0 Å². The number of piperidine rings is 1. The lowest BCUT2D eigenvalue weighted by Gasteiger charge is -2.48. The Hall–Kier alpha value is -0.570. The molecular weight excluding hydrogens is 248 g/mol. The van der Waals surface area contributed by atoms with Crippen LogP contribution in [0.1, 0.15) is 67.2 Å². The van der Waals surface area contributed by atoms with E-state index in [4.69, 9.17) is 0 Å². The SMILES string of the molecule is CC(C)(C)N1CCCC2CCCN(C(C)(C)C)C2C1=O. The molecule has 0 aromatic heterocycles. The van der Waals surface area contributed by atoms with Gasteiger partial charge in [0, 0.05) is 17.6 Å². The summed E-state index contributed by atoms with van der Waals surface area (Å²) in [7, 11) is 0. The van der Waals surface area contributed by atoms with Crippen LogP contribution < -0.4 is 0 Å². The predicted octanol–water partition coefficient (Wildman–Crippen LogP) is 3.29. The molecule has 20 heavy (non-hydrogen) atoms. The van der Waals surface area contributed by atoms with Crippen molar-refractivity contribution in [3.8, 4) is 0 Å². The summed E-state index contributed by atoms with van der Waals surface area (Å²) in [6.07, 6.45) is 4.82. The fraction of sp³-hybridized carbons (Fsp3) is 0.941. The molecule has 0 radical (unpaired) electrons. The number of fused-ring (bicyclic) bond motifs is 1. The van der Waals surface area contributed by atoms with E-state index in [9.17, 15) is 4.79 Å². The van der Waals surface area contributed by atoms with E-state index < -0.39 is 0 Å². The normalized spacial score (nSPS) is 30.1. The minimum Gasteiger partial charge on any atom is -0.336 e. The van der Waals surface area contributed by atoms with Gasteiger partial charge in [-0.3, -0.25) is 9.69 Å². The highest BCUT2D eigenvalue weighted by Gasteiger charge is 2.45. The van der Waals surface area contributed by atoms with Crippen molar-refractivity contribution in [1.29, 1.82) is 0 Å². The van der Waals surface area contributed by atoms with Crippen LogP contribution in [-0.4, -0.2) is 45.9 Å². The van der Waals surface area contributed by atoms with Crippen LogP contribution in [0.25, 0.3) is 0 Å². The molecule has 2 saturated heterocycles. The summed E-state index contributed by atoms with van der Waals surface area (Å²) >= 11 is 0. The second-order valence-corrected chi connectivity index (χ2v) is 8.51. The number of amides is 1. The minimum absolute atomic E-state index is 0.0625. The average Bonchev–Trinajstić information content (AvgIpc) is 2.47. The summed E-state index contributed by atoms with van der Waals surface area (Å²) in [6.45, 7) is 15.2. The lowest BCUT2D eigenvalue weighted by Crippen LogP contribution is -2.61. The Morgan fingerprint density at radius 2 is 1.45 bits per heavy atom. The second-order valence-electron chi connectivity index (χ2n) is 8.51. The molecule has 0 aromatic rings. The molecule has 116 valence electrons. The molecule has 1 amide bonds. The van der Waals surface area contributed by atoms with Crippen LogP contribution in [0, 0.1) is 5.92 Å². The van der Waals surface area contributed by atoms with Crippen LogP contribution >= 0.6 is 0 Å². The van der Waals surface area contributed by atoms with Gasteiger partial charge in [-0.2, -0.15) is 0 Å². The number of rotatable bonds is 0. The Morgan fingerprint density at radius 1 is 0.900 bits per heavy atom. The van der Waals surface area contributed by atoms with Crippen molar-refractivity contribution in [2.45, 2.75) is 84.3 Å². The average molecular weight is 280 g/mol. The summed E-state index contributed by atoms with van der Waals surface area (Å²) < 4.78 is 0. The van der Waals surface area contributed by atoms with Gasteiger partial charge < -0.3 is 4.90 Å². The number of nitrogens with zero attached hydrogens (tertiary/aromatic N) is 2. The van der Waals surface area contributed by atoms with Crippen molar-refractivity contribution in [1.82, 2.24) is 9.80 Å². The van der Waals surface area contributed by atoms with Crippen molar-refractivity contribution >= 4 is 5.91 Å². The highest BCUT2D eigenvalue weighted by Crippen LogP contribution is 2.36. The molecule has 3 heteroatoms. The maximum atomic E-state index is 13.2. The van der Waals surface area contributed by atoms with Crippen LogP contribution in [0.4, 0.5) is 0 Å². The monoisotopic (exact) mass is 280 g/mol. The van der Waals surface area contributed by atoms with Gasteiger partial charge >= 0.3 is 0 Å². The minimum atomic E-state index is -0.0625. The third-order valence-corrected chi connectivity index (χ3v) is 4.90. The van der Waals surface area contributed by atoms with Crippen molar-refractivity contribution < 1.29 is 4.79 Å². The molecule has 0 bridgehead atoms. The Kier molecular flexibility index (Phi) is 4.21. The van der Waals surface area contributed by atoms with Crippen LogP contribution in [-0.2, 0) is 4.79 Å². The van der Waals surface area contributed by atoms with Gasteiger partial charge in [0.2, 0.25) is 5.91 Å². The summed E-state index contributed by atoms with van der Waals surface area (Å²) in [5.41, 5.74) is 0.0138. The summed E-state index contributed by atoms with van der Waals surface area (Å²) in [5, 5.41) is 0. The molecule has 0 N–H and O–H groups in total. The van der Waals surface area contributed by atoms with E-state index in [2.05, 4.69) is 51.3 Å². The molecule has 0 spiro atoms. The van der Waals surface area contributed by atoms with Crippen molar-refractivity contribution in [3.05, 3.63) is 0 Å². The van der Waals surface area contributed by atoms with Gasteiger partial charge in [-0.1, -0.05) is 0 Å². The highest BCUT2D eigenvalue weighted by atomic mass is 16.2. The quantitative estimate of drug-likeness (QED) is 0.680. The molecule has 3 nitrogen and oxygen atoms in total. The highest BCUT2D eigenvalue weighted by molar-refractivity contribution is 5.83. The van der Waals surface area contributed by atoms with Crippen molar-refractivity contribution in [2.75, 3.05) is 13.1 Å². The maximum absolute atomic E-state index is 13.2. The molecule has 2 fully saturated rings. The first-order chi connectivity index (χ1) is 9.12. The number of hydrogen-bond donors (Lipinski definition) is 0. The zero-order chi connectivity index (χ0) is 15.1. The smallest absolute Gasteiger partial charge is 0.240 e. The van der Waals surface area contributed by atoms with Gasteiger partial charge in [0.05, 0.1) is 6.04 Å². The van der Waals surface area contributed by atoms with Crippen LogP contribution in [0.3, 0.4) is 0 Å². The first kappa shape index (κ1) is 15.8. The van der Waals surface area contributed by atoms with Crippen molar-refractivity contribution in [2.24, 2.45) is 5.92 Å². The summed E-state index contributed by atoms with van der Waals surface area (Å²) in [4.78, 5) is 17.8. The van der Waals surface area contributed by atoms with Crippen molar-refractivity contribution in [3.63, 3.8) is 0 Å². The fourth-order valence-corrected chi connectivity index (χ4v) is 3.91. The molecule has 0 aromatic carbocycles. The number of carbonyl (C=O) groups excluding carboxylic acids is 1. The van der Waals surface area contributed by atoms with Gasteiger partial charge in [0.15, 0.2) is 0 Å². The van der Waals surface area contributed by atoms with E-state index in [1.807, 2.05) is 0 Å². The number of hydrogen-bond acceptors (Lipinski definition) is 2. The molecule has 0 saturated carbocycles. The molecule has 0 aliphatic carbocycles. The third kappa shape index (κ3) is 3.03. The van der Waals surface area contributed by atoms with E-state index in [0.29, 0.717) is 11.8 Å². The zero-order valence-electron chi connectivity index (χ0n) is 14.2. The predicted molar refractivity (Wildman–Crippen MR) is 83.7 cm³/mol. The van der Waals surface area contributed by atoms with Crippen LogP contribution in [0.2, 0.25) is 0 Å². The molecule has 2 atom stereocenters. The molecule has 2 aliphatic heterocycles. The van der Waals surface area contributed by atoms with E-state index >= 15 is 0 Å². The van der Waals surface area contributed by atoms with E-state index in [0.717, 1.165) is 19.5 Å². The van der Waals surface area contributed by atoms with Gasteiger partial charge in [-0.15, -0.1) is 0 Å². The summed E-state index contributed by atoms with van der Waals surface area (Å²) in [5.74, 6) is 0.928. The van der Waals surface area contributed by atoms with Gasteiger partial charge in [0.1, 0.15) is 0 Å². The van der Waals surface area contributed by atoms with Gasteiger partial charge in [-0.25, -0.2) is 0 Å². The number of likely N-dealkylation sites (tertiary alicyclic amines) is 2. The molecular formula is C17H32N2O. The Balaban J connectivity index is 2.33. The Morgan fingerprint density at radius 3 is 1.95 bits per heavy atom. The topological polar surface area (TPSA) is 23.6 Å². The summed E-state index contributed by atoms with van der Waals surface area (Å²) in [6, 6.07) is 0.102. The Labute approximate surface area is 124 Å². The zero-order valence-corrected chi connectivity index (χ0v) is 14.2. The number of carbonyl (C=O) groups is 1.